The molecule has 0 saturated carbocycles. The molecule has 2 heterocycles. The molecule has 0 radical (unpaired) electrons. The molecule has 0 unspecified atom stereocenters. The summed E-state index contributed by atoms with van der Waals surface area (Å²) in [5, 5.41) is 6.67. The number of anilines is 2. The van der Waals surface area contributed by atoms with Gasteiger partial charge in [0.2, 0.25) is 5.91 Å². The van der Waals surface area contributed by atoms with E-state index in [0.29, 0.717) is 6.54 Å². The molecule has 108 valence electrons. The summed E-state index contributed by atoms with van der Waals surface area (Å²) in [6, 6.07) is 6.14. The van der Waals surface area contributed by atoms with Gasteiger partial charge in [0.25, 0.3) is 0 Å². The lowest BCUT2D eigenvalue weighted by molar-refractivity contribution is -0.119. The fourth-order valence-corrected chi connectivity index (χ4v) is 2.94. The van der Waals surface area contributed by atoms with Crippen molar-refractivity contribution in [3.8, 4) is 0 Å². The molecule has 0 atom stereocenters. The van der Waals surface area contributed by atoms with Crippen LogP contribution in [0.5, 0.6) is 0 Å². The van der Waals surface area contributed by atoms with Crippen molar-refractivity contribution >= 4 is 17.3 Å². The first-order chi connectivity index (χ1) is 9.75. The molecule has 0 aromatic heterocycles. The fourth-order valence-electron chi connectivity index (χ4n) is 2.94. The molecule has 1 fully saturated rings. The van der Waals surface area contributed by atoms with Gasteiger partial charge < -0.3 is 15.5 Å². The van der Waals surface area contributed by atoms with Crippen molar-refractivity contribution in [1.82, 2.24) is 10.2 Å². The Kier molecular flexibility index (Phi) is 3.89. The highest BCUT2D eigenvalue weighted by molar-refractivity contribution is 5.96. The predicted molar refractivity (Wildman–Crippen MR) is 81.4 cm³/mol. The molecule has 1 aromatic carbocycles. The van der Waals surface area contributed by atoms with Crippen LogP contribution in [0.1, 0.15) is 5.56 Å². The average molecular weight is 274 g/mol. The zero-order valence-electron chi connectivity index (χ0n) is 12.0. The predicted octanol–water partition coefficient (Wildman–Crippen LogP) is 0.523. The molecular formula is C15H22N4O. The number of rotatable bonds is 3. The average Bonchev–Trinajstić information content (AvgIpc) is 2.96. The van der Waals surface area contributed by atoms with E-state index >= 15 is 0 Å². The maximum absolute atomic E-state index is 12.5. The first-order valence-electron chi connectivity index (χ1n) is 7.31. The van der Waals surface area contributed by atoms with E-state index in [-0.39, 0.29) is 5.91 Å². The van der Waals surface area contributed by atoms with Crippen LogP contribution < -0.4 is 15.5 Å². The third kappa shape index (κ3) is 2.64. The highest BCUT2D eigenvalue weighted by Gasteiger charge is 2.21. The van der Waals surface area contributed by atoms with Gasteiger partial charge in [-0.25, -0.2) is 0 Å². The first-order valence-corrected chi connectivity index (χ1v) is 7.31. The standard InChI is InChI=1S/C15H22N4O/c1-18(15(20)11-19-9-7-16-8-10-19)14-4-2-3-13-12(14)5-6-17-13/h2-4,16-17H,5-11H2,1H3. The zero-order chi connectivity index (χ0) is 13.9. The van der Waals surface area contributed by atoms with Crippen molar-refractivity contribution < 1.29 is 4.79 Å². The summed E-state index contributed by atoms with van der Waals surface area (Å²) >= 11 is 0. The summed E-state index contributed by atoms with van der Waals surface area (Å²) in [5.74, 6) is 0.173. The third-order valence-corrected chi connectivity index (χ3v) is 4.15. The SMILES string of the molecule is CN(C(=O)CN1CCNCC1)c1cccc2c1CCN2. The maximum atomic E-state index is 12.5. The van der Waals surface area contributed by atoms with E-state index in [0.717, 1.165) is 44.8 Å². The number of nitrogens with one attached hydrogen (secondary N) is 2. The molecule has 1 aromatic rings. The van der Waals surface area contributed by atoms with Gasteiger partial charge in [-0.3, -0.25) is 9.69 Å². The van der Waals surface area contributed by atoms with Crippen LogP contribution in [-0.4, -0.2) is 57.1 Å². The Morgan fingerprint density at radius 2 is 2.10 bits per heavy atom. The number of likely N-dealkylation sites (N-methyl/N-ethyl adjacent to an activating group) is 1. The second-order valence-electron chi connectivity index (χ2n) is 5.46. The van der Waals surface area contributed by atoms with Crippen molar-refractivity contribution in [2.75, 3.05) is 56.5 Å². The number of hydrogen-bond donors (Lipinski definition) is 2. The molecule has 1 saturated heterocycles. The summed E-state index contributed by atoms with van der Waals surface area (Å²) in [6.07, 6.45) is 0.997. The van der Waals surface area contributed by atoms with Crippen molar-refractivity contribution in [2.45, 2.75) is 6.42 Å². The summed E-state index contributed by atoms with van der Waals surface area (Å²) in [6.45, 7) is 5.33. The van der Waals surface area contributed by atoms with Gasteiger partial charge in [0.15, 0.2) is 0 Å². The number of carbonyl (C=O) groups is 1. The Labute approximate surface area is 119 Å². The number of piperazine rings is 1. The zero-order valence-corrected chi connectivity index (χ0v) is 12.0. The van der Waals surface area contributed by atoms with Crippen molar-refractivity contribution in [2.24, 2.45) is 0 Å². The van der Waals surface area contributed by atoms with Gasteiger partial charge in [0.1, 0.15) is 0 Å². The Hall–Kier alpha value is -1.59. The lowest BCUT2D eigenvalue weighted by Crippen LogP contribution is -2.48. The van der Waals surface area contributed by atoms with Crippen molar-refractivity contribution in [3.63, 3.8) is 0 Å². The van der Waals surface area contributed by atoms with Crippen LogP contribution in [0.25, 0.3) is 0 Å². The molecule has 1 amide bonds. The van der Waals surface area contributed by atoms with E-state index < -0.39 is 0 Å². The van der Waals surface area contributed by atoms with E-state index in [1.807, 2.05) is 24.1 Å². The van der Waals surface area contributed by atoms with Gasteiger partial charge in [-0.05, 0) is 18.6 Å². The van der Waals surface area contributed by atoms with Crippen LogP contribution in [0, 0.1) is 0 Å². The molecule has 2 N–H and O–H groups in total. The normalized spacial score (nSPS) is 18.4. The topological polar surface area (TPSA) is 47.6 Å². The van der Waals surface area contributed by atoms with Crippen LogP contribution in [0.15, 0.2) is 18.2 Å². The highest BCUT2D eigenvalue weighted by atomic mass is 16.2. The number of nitrogens with zero attached hydrogens (tertiary/aromatic N) is 2. The van der Waals surface area contributed by atoms with Crippen LogP contribution in [-0.2, 0) is 11.2 Å². The largest absolute Gasteiger partial charge is 0.384 e. The summed E-state index contributed by atoms with van der Waals surface area (Å²) in [4.78, 5) is 16.5. The van der Waals surface area contributed by atoms with Gasteiger partial charge in [-0.1, -0.05) is 6.07 Å². The smallest absolute Gasteiger partial charge is 0.240 e. The van der Waals surface area contributed by atoms with Gasteiger partial charge in [0, 0.05) is 56.7 Å². The molecule has 0 bridgehead atoms. The van der Waals surface area contributed by atoms with Crippen molar-refractivity contribution in [1.29, 1.82) is 0 Å². The number of amides is 1. The number of carbonyl (C=O) groups excluding carboxylic acids is 1. The summed E-state index contributed by atoms with van der Waals surface area (Å²) in [7, 11) is 1.89. The molecule has 3 rings (SSSR count). The number of benzene rings is 1. The van der Waals surface area contributed by atoms with Crippen LogP contribution in [0.3, 0.4) is 0 Å². The van der Waals surface area contributed by atoms with E-state index in [2.05, 4.69) is 21.6 Å². The second kappa shape index (κ2) is 5.81. The van der Waals surface area contributed by atoms with E-state index in [9.17, 15) is 4.79 Å². The fraction of sp³-hybridized carbons (Fsp3) is 0.533. The van der Waals surface area contributed by atoms with Crippen LogP contribution in [0.2, 0.25) is 0 Å². The third-order valence-electron chi connectivity index (χ3n) is 4.15. The number of fused-ring (bicyclic) bond motifs is 1. The van der Waals surface area contributed by atoms with Gasteiger partial charge in [-0.2, -0.15) is 0 Å². The van der Waals surface area contributed by atoms with Gasteiger partial charge >= 0.3 is 0 Å². The Bertz CT molecular complexity index is 497. The molecular weight excluding hydrogens is 252 g/mol. The molecule has 2 aliphatic rings. The Morgan fingerprint density at radius 3 is 2.90 bits per heavy atom. The number of hydrogen-bond acceptors (Lipinski definition) is 4. The van der Waals surface area contributed by atoms with Gasteiger partial charge in [-0.15, -0.1) is 0 Å². The summed E-state index contributed by atoms with van der Waals surface area (Å²) < 4.78 is 0. The van der Waals surface area contributed by atoms with E-state index in [4.69, 9.17) is 0 Å². The second-order valence-corrected chi connectivity index (χ2v) is 5.46. The lowest BCUT2D eigenvalue weighted by atomic mass is 10.1. The molecule has 0 spiro atoms. The molecule has 2 aliphatic heterocycles. The molecule has 0 aliphatic carbocycles. The molecule has 20 heavy (non-hydrogen) atoms. The minimum absolute atomic E-state index is 0.173. The minimum atomic E-state index is 0.173. The van der Waals surface area contributed by atoms with E-state index in [1.165, 1.54) is 11.3 Å². The molecule has 5 heteroatoms. The van der Waals surface area contributed by atoms with Crippen molar-refractivity contribution in [3.05, 3.63) is 23.8 Å². The first kappa shape index (κ1) is 13.4. The Balaban J connectivity index is 1.70. The van der Waals surface area contributed by atoms with Crippen LogP contribution >= 0.6 is 0 Å². The summed E-state index contributed by atoms with van der Waals surface area (Å²) in [5.41, 5.74) is 3.49. The monoisotopic (exact) mass is 274 g/mol. The molecule has 5 nitrogen and oxygen atoms in total. The highest BCUT2D eigenvalue weighted by Crippen LogP contribution is 2.31. The minimum Gasteiger partial charge on any atom is -0.384 e. The van der Waals surface area contributed by atoms with E-state index in [1.54, 1.807) is 0 Å². The quantitative estimate of drug-likeness (QED) is 0.844. The Morgan fingerprint density at radius 1 is 1.30 bits per heavy atom. The van der Waals surface area contributed by atoms with Crippen LogP contribution in [0.4, 0.5) is 11.4 Å². The maximum Gasteiger partial charge on any atom is 0.240 e. The van der Waals surface area contributed by atoms with Gasteiger partial charge in [0.05, 0.1) is 6.54 Å². The lowest BCUT2D eigenvalue weighted by Gasteiger charge is -2.29.